The van der Waals surface area contributed by atoms with Gasteiger partial charge in [0.15, 0.2) is 11.5 Å². The lowest BCUT2D eigenvalue weighted by Gasteiger charge is -2.08. The number of benzene rings is 1. The minimum Gasteiger partial charge on any atom is -0.497 e. The van der Waals surface area contributed by atoms with E-state index in [0.717, 1.165) is 11.1 Å². The Hall–Kier alpha value is -5.19. The first kappa shape index (κ1) is 24.2. The minimum atomic E-state index is -0.422. The number of aromatic nitrogens is 7. The molecule has 0 aliphatic rings. The summed E-state index contributed by atoms with van der Waals surface area (Å²) in [7, 11) is 1.49. The number of hydrogen-bond donors (Lipinski definition) is 3. The molecular formula is C28H23FN8O2. The molecule has 0 aliphatic carbocycles. The van der Waals surface area contributed by atoms with Gasteiger partial charge >= 0.3 is 0 Å². The Labute approximate surface area is 221 Å². The number of nitrogens with one attached hydrogen (secondary N) is 3. The number of rotatable bonds is 6. The molecule has 6 rings (SSSR count). The number of methoxy groups -OCH3 is 1. The zero-order chi connectivity index (χ0) is 27.1. The van der Waals surface area contributed by atoms with Crippen LogP contribution in [0.2, 0.25) is 0 Å². The van der Waals surface area contributed by atoms with Crippen molar-refractivity contribution in [1.29, 1.82) is 0 Å². The SMILES string of the molecule is COc1cc(F)cc(-c2cncc3[nH]c(-c4n[nH]c5ccc(-c6cncc(NC(=O)C(C)C)c6)nc45)nc23)c1. The van der Waals surface area contributed by atoms with Gasteiger partial charge in [0.1, 0.15) is 17.1 Å². The summed E-state index contributed by atoms with van der Waals surface area (Å²) in [5, 5.41) is 10.3. The molecule has 0 bridgehead atoms. The summed E-state index contributed by atoms with van der Waals surface area (Å²) < 4.78 is 19.5. The van der Waals surface area contributed by atoms with Crippen molar-refractivity contribution < 1.29 is 13.9 Å². The molecule has 0 unspecified atom stereocenters. The maximum absolute atomic E-state index is 14.2. The Morgan fingerprint density at radius 3 is 2.62 bits per heavy atom. The smallest absolute Gasteiger partial charge is 0.226 e. The lowest BCUT2D eigenvalue weighted by molar-refractivity contribution is -0.118. The van der Waals surface area contributed by atoms with Crippen molar-refractivity contribution in [1.82, 2.24) is 35.1 Å². The van der Waals surface area contributed by atoms with Crippen LogP contribution in [-0.2, 0) is 4.79 Å². The highest BCUT2D eigenvalue weighted by Gasteiger charge is 2.18. The quantitative estimate of drug-likeness (QED) is 0.268. The van der Waals surface area contributed by atoms with Gasteiger partial charge in [0.2, 0.25) is 5.91 Å². The molecule has 1 amide bonds. The van der Waals surface area contributed by atoms with Gasteiger partial charge in [0.05, 0.1) is 47.4 Å². The van der Waals surface area contributed by atoms with Gasteiger partial charge < -0.3 is 15.0 Å². The van der Waals surface area contributed by atoms with Crippen LogP contribution in [-0.4, -0.2) is 48.1 Å². The van der Waals surface area contributed by atoms with E-state index in [9.17, 15) is 9.18 Å². The van der Waals surface area contributed by atoms with Crippen LogP contribution in [0.15, 0.2) is 61.2 Å². The molecule has 194 valence electrons. The molecular weight excluding hydrogens is 499 g/mol. The Kier molecular flexibility index (Phi) is 5.95. The van der Waals surface area contributed by atoms with Crippen LogP contribution in [0, 0.1) is 11.7 Å². The molecule has 5 aromatic heterocycles. The van der Waals surface area contributed by atoms with E-state index in [1.54, 1.807) is 30.9 Å². The summed E-state index contributed by atoms with van der Waals surface area (Å²) in [4.78, 5) is 33.6. The number of ether oxygens (including phenoxy) is 1. The lowest BCUT2D eigenvalue weighted by atomic mass is 10.1. The molecule has 10 nitrogen and oxygen atoms in total. The molecule has 5 heterocycles. The molecule has 0 saturated heterocycles. The van der Waals surface area contributed by atoms with E-state index >= 15 is 0 Å². The molecule has 3 N–H and O–H groups in total. The second-order valence-electron chi connectivity index (χ2n) is 9.32. The van der Waals surface area contributed by atoms with Gasteiger partial charge in [-0.25, -0.2) is 14.4 Å². The van der Waals surface area contributed by atoms with Gasteiger partial charge in [-0.15, -0.1) is 0 Å². The number of imidazole rings is 1. The third-order valence-electron chi connectivity index (χ3n) is 6.27. The third kappa shape index (κ3) is 4.54. The number of amides is 1. The Bertz CT molecular complexity index is 1860. The van der Waals surface area contributed by atoms with Crippen LogP contribution in [0.3, 0.4) is 0 Å². The fourth-order valence-corrected chi connectivity index (χ4v) is 4.25. The van der Waals surface area contributed by atoms with Crippen molar-refractivity contribution in [3.05, 3.63) is 67.0 Å². The Balaban J connectivity index is 1.41. The van der Waals surface area contributed by atoms with Gasteiger partial charge in [0, 0.05) is 35.5 Å². The van der Waals surface area contributed by atoms with Crippen LogP contribution in [0.1, 0.15) is 13.8 Å². The summed E-state index contributed by atoms with van der Waals surface area (Å²) in [6.07, 6.45) is 6.57. The predicted octanol–water partition coefficient (Wildman–Crippen LogP) is 5.37. The number of H-pyrrole nitrogens is 2. The highest BCUT2D eigenvalue weighted by Crippen LogP contribution is 2.33. The first-order valence-electron chi connectivity index (χ1n) is 12.2. The number of hydrogen-bond acceptors (Lipinski definition) is 7. The molecule has 11 heteroatoms. The fourth-order valence-electron chi connectivity index (χ4n) is 4.25. The second-order valence-corrected chi connectivity index (χ2v) is 9.32. The van der Waals surface area contributed by atoms with E-state index in [0.29, 0.717) is 56.3 Å². The van der Waals surface area contributed by atoms with Crippen molar-refractivity contribution in [3.63, 3.8) is 0 Å². The van der Waals surface area contributed by atoms with Gasteiger partial charge in [-0.05, 0) is 35.9 Å². The summed E-state index contributed by atoms with van der Waals surface area (Å²) in [6, 6.07) is 10.0. The number of pyridine rings is 3. The van der Waals surface area contributed by atoms with E-state index < -0.39 is 5.82 Å². The molecule has 0 spiro atoms. The number of fused-ring (bicyclic) bond motifs is 2. The standard InChI is InChI=1S/C28H23FN8O2/c1-14(2)28(38)32-18-7-16(10-30-11-18)21-4-5-22-25(33-21)26(37-36-22)27-34-23-13-31-12-20(24(23)35-27)15-6-17(29)9-19(8-15)39-3/h4-14H,1-3H3,(H,32,38)(H,34,35)(H,36,37). The maximum Gasteiger partial charge on any atom is 0.226 e. The minimum absolute atomic E-state index is 0.0927. The van der Waals surface area contributed by atoms with E-state index in [4.69, 9.17) is 14.7 Å². The number of aromatic amines is 2. The average Bonchev–Trinajstić information content (AvgIpc) is 3.56. The number of anilines is 1. The zero-order valence-corrected chi connectivity index (χ0v) is 21.3. The summed E-state index contributed by atoms with van der Waals surface area (Å²) in [6.45, 7) is 3.66. The fraction of sp³-hybridized carbons (Fsp3) is 0.143. The summed E-state index contributed by atoms with van der Waals surface area (Å²) in [5.74, 6) is 0.211. The molecule has 6 aromatic rings. The maximum atomic E-state index is 14.2. The summed E-state index contributed by atoms with van der Waals surface area (Å²) >= 11 is 0. The average molecular weight is 523 g/mol. The van der Waals surface area contributed by atoms with Crippen molar-refractivity contribution in [2.45, 2.75) is 13.8 Å². The van der Waals surface area contributed by atoms with E-state index in [2.05, 4.69) is 30.5 Å². The number of nitrogens with zero attached hydrogens (tertiary/aromatic N) is 5. The molecule has 0 aliphatic heterocycles. The monoisotopic (exact) mass is 522 g/mol. The highest BCUT2D eigenvalue weighted by molar-refractivity contribution is 5.96. The molecule has 0 atom stereocenters. The van der Waals surface area contributed by atoms with Crippen molar-refractivity contribution in [2.24, 2.45) is 5.92 Å². The largest absolute Gasteiger partial charge is 0.497 e. The molecule has 0 fully saturated rings. The molecule has 39 heavy (non-hydrogen) atoms. The van der Waals surface area contributed by atoms with Crippen LogP contribution in [0.25, 0.3) is 56.0 Å². The first-order chi connectivity index (χ1) is 18.9. The summed E-state index contributed by atoms with van der Waals surface area (Å²) in [5.41, 5.74) is 6.33. The predicted molar refractivity (Wildman–Crippen MR) is 145 cm³/mol. The Morgan fingerprint density at radius 1 is 0.949 bits per heavy atom. The van der Waals surface area contributed by atoms with Crippen molar-refractivity contribution in [2.75, 3.05) is 12.4 Å². The van der Waals surface area contributed by atoms with Gasteiger partial charge in [0.25, 0.3) is 0 Å². The highest BCUT2D eigenvalue weighted by atomic mass is 19.1. The van der Waals surface area contributed by atoms with E-state index in [1.165, 1.54) is 19.2 Å². The lowest BCUT2D eigenvalue weighted by Crippen LogP contribution is -2.17. The molecule has 1 aromatic carbocycles. The van der Waals surface area contributed by atoms with Crippen LogP contribution in [0.4, 0.5) is 10.1 Å². The van der Waals surface area contributed by atoms with E-state index in [1.807, 2.05) is 32.0 Å². The normalized spacial score (nSPS) is 11.4. The number of carbonyl (C=O) groups excluding carboxylic acids is 1. The third-order valence-corrected chi connectivity index (χ3v) is 6.27. The topological polar surface area (TPSA) is 134 Å². The number of halogens is 1. The van der Waals surface area contributed by atoms with Gasteiger partial charge in [-0.2, -0.15) is 5.10 Å². The van der Waals surface area contributed by atoms with Crippen LogP contribution >= 0.6 is 0 Å². The van der Waals surface area contributed by atoms with Crippen LogP contribution in [0.5, 0.6) is 5.75 Å². The van der Waals surface area contributed by atoms with Crippen LogP contribution < -0.4 is 10.1 Å². The molecule has 0 saturated carbocycles. The van der Waals surface area contributed by atoms with E-state index in [-0.39, 0.29) is 11.8 Å². The molecule has 0 radical (unpaired) electrons. The van der Waals surface area contributed by atoms with Crippen molar-refractivity contribution in [3.8, 4) is 39.7 Å². The Morgan fingerprint density at radius 2 is 1.79 bits per heavy atom. The zero-order valence-electron chi connectivity index (χ0n) is 21.3. The van der Waals surface area contributed by atoms with Gasteiger partial charge in [-0.3, -0.25) is 19.9 Å². The van der Waals surface area contributed by atoms with Gasteiger partial charge in [-0.1, -0.05) is 13.8 Å². The van der Waals surface area contributed by atoms with Crippen molar-refractivity contribution >= 4 is 33.7 Å². The number of carbonyl (C=O) groups is 1. The first-order valence-corrected chi connectivity index (χ1v) is 12.2. The second kappa shape index (κ2) is 9.60.